The summed E-state index contributed by atoms with van der Waals surface area (Å²) in [6.45, 7) is 4.67. The maximum Gasteiger partial charge on any atom is 0.330 e. The van der Waals surface area contributed by atoms with E-state index in [2.05, 4.69) is 27.7 Å². The lowest BCUT2D eigenvalue weighted by atomic mass is 10.1. The van der Waals surface area contributed by atoms with Crippen LogP contribution < -0.4 is 20.9 Å². The van der Waals surface area contributed by atoms with Gasteiger partial charge in [-0.15, -0.1) is 0 Å². The zero-order chi connectivity index (χ0) is 18.1. The summed E-state index contributed by atoms with van der Waals surface area (Å²) < 4.78 is 6.14. The lowest BCUT2D eigenvalue weighted by Crippen LogP contribution is -2.29. The van der Waals surface area contributed by atoms with Crippen LogP contribution in [0.25, 0.3) is 10.8 Å². The Morgan fingerprint density at radius 1 is 1.38 bits per heavy atom. The molecular weight excluding hydrogens is 334 g/mol. The Morgan fingerprint density at radius 2 is 2.23 bits per heavy atom. The van der Waals surface area contributed by atoms with Crippen molar-refractivity contribution in [3.63, 3.8) is 0 Å². The lowest BCUT2D eigenvalue weighted by Gasteiger charge is -2.18. The summed E-state index contributed by atoms with van der Waals surface area (Å²) in [6.07, 6.45) is 1.49. The highest BCUT2D eigenvalue weighted by Crippen LogP contribution is 2.29. The molecule has 0 aliphatic carbocycles. The average molecular weight is 353 g/mol. The van der Waals surface area contributed by atoms with Gasteiger partial charge in [-0.1, -0.05) is 24.8 Å². The Bertz CT molecular complexity index is 884. The number of carbonyl (C=O) groups is 2. The second-order valence-corrected chi connectivity index (χ2v) is 6.27. The van der Waals surface area contributed by atoms with Crippen LogP contribution in [0, 0.1) is 0 Å². The van der Waals surface area contributed by atoms with Crippen LogP contribution in [0.5, 0.6) is 5.88 Å². The summed E-state index contributed by atoms with van der Waals surface area (Å²) in [5.74, 6) is 0.408. The molecule has 0 bridgehead atoms. The van der Waals surface area contributed by atoms with Gasteiger partial charge in [-0.05, 0) is 23.6 Å². The average Bonchev–Trinajstić information content (AvgIpc) is 3.30. The molecule has 1 aromatic carbocycles. The van der Waals surface area contributed by atoms with E-state index in [1.54, 1.807) is 4.90 Å². The molecule has 26 heavy (non-hydrogen) atoms. The fraction of sp³-hybridized carbons (Fsp3) is 0.278. The summed E-state index contributed by atoms with van der Waals surface area (Å²) in [5.41, 5.74) is 5.99. The Balaban J connectivity index is 1.62. The predicted molar refractivity (Wildman–Crippen MR) is 95.1 cm³/mol. The molecule has 1 aromatic heterocycles. The van der Waals surface area contributed by atoms with Gasteiger partial charge in [0.2, 0.25) is 11.8 Å². The highest BCUT2D eigenvalue weighted by molar-refractivity contribution is 5.88. The maximum absolute atomic E-state index is 11.8. The number of urea groups is 1. The van der Waals surface area contributed by atoms with Crippen LogP contribution in [-0.2, 0) is 4.79 Å². The van der Waals surface area contributed by atoms with Crippen molar-refractivity contribution in [2.75, 3.05) is 13.1 Å². The molecule has 0 spiro atoms. The first-order chi connectivity index (χ1) is 12.6. The number of hydrazine groups is 1. The molecule has 2 aliphatic heterocycles. The number of hydrogen-bond acceptors (Lipinski definition) is 5. The molecular formula is C18H19N5O3. The topological polar surface area (TPSA) is 95.6 Å². The van der Waals surface area contributed by atoms with Crippen molar-refractivity contribution in [3.8, 4) is 5.88 Å². The predicted octanol–water partition coefficient (Wildman–Crippen LogP) is 1.22. The molecule has 2 atom stereocenters. The molecule has 0 radical (unpaired) electrons. The van der Waals surface area contributed by atoms with Crippen molar-refractivity contribution in [1.82, 2.24) is 26.1 Å². The van der Waals surface area contributed by atoms with Crippen molar-refractivity contribution in [2.45, 2.75) is 18.7 Å². The third-order valence-electron chi connectivity index (χ3n) is 4.54. The van der Waals surface area contributed by atoms with E-state index >= 15 is 0 Å². The Morgan fingerprint density at radius 3 is 3.00 bits per heavy atom. The minimum Gasteiger partial charge on any atom is -0.472 e. The molecule has 3 heterocycles. The van der Waals surface area contributed by atoms with Crippen LogP contribution in [0.2, 0.25) is 0 Å². The van der Waals surface area contributed by atoms with Gasteiger partial charge in [0.15, 0.2) is 0 Å². The quantitative estimate of drug-likeness (QED) is 0.718. The number of hydrogen-bond donors (Lipinski definition) is 3. The molecule has 4 rings (SSSR count). The van der Waals surface area contributed by atoms with Gasteiger partial charge in [0.05, 0.1) is 12.2 Å². The van der Waals surface area contributed by atoms with Crippen molar-refractivity contribution in [2.24, 2.45) is 0 Å². The van der Waals surface area contributed by atoms with Crippen LogP contribution in [-0.4, -0.2) is 41.0 Å². The zero-order valence-electron chi connectivity index (χ0n) is 14.1. The van der Waals surface area contributed by atoms with E-state index in [9.17, 15) is 9.59 Å². The van der Waals surface area contributed by atoms with Gasteiger partial charge in [-0.3, -0.25) is 10.2 Å². The number of ether oxygens (including phenoxy) is 1. The minimum atomic E-state index is -0.433. The number of carbonyl (C=O) groups excluding carboxylic acids is 2. The first-order valence-electron chi connectivity index (χ1n) is 8.44. The maximum atomic E-state index is 11.8. The minimum absolute atomic E-state index is 0.0911. The number of nitrogens with zero attached hydrogens (tertiary/aromatic N) is 2. The smallest absolute Gasteiger partial charge is 0.330 e. The summed E-state index contributed by atoms with van der Waals surface area (Å²) in [6, 6.07) is 9.39. The number of fused-ring (bicyclic) bond motifs is 1. The van der Waals surface area contributed by atoms with E-state index in [4.69, 9.17) is 4.74 Å². The van der Waals surface area contributed by atoms with Gasteiger partial charge in [0.1, 0.15) is 12.3 Å². The van der Waals surface area contributed by atoms with Crippen LogP contribution in [0.1, 0.15) is 18.3 Å². The third kappa shape index (κ3) is 3.06. The van der Waals surface area contributed by atoms with Gasteiger partial charge in [0, 0.05) is 18.4 Å². The third-order valence-corrected chi connectivity index (χ3v) is 4.54. The largest absolute Gasteiger partial charge is 0.472 e. The summed E-state index contributed by atoms with van der Waals surface area (Å²) >= 11 is 0. The van der Waals surface area contributed by atoms with Crippen molar-refractivity contribution in [3.05, 3.63) is 48.7 Å². The van der Waals surface area contributed by atoms with Crippen LogP contribution >= 0.6 is 0 Å². The lowest BCUT2D eigenvalue weighted by molar-refractivity contribution is -0.125. The SMILES string of the molecule is C=CC(=O)N1CC[C@@H](Oc2nc(C3NNC(=O)N3)cc3ccccc23)C1. The molecule has 1 unspecified atom stereocenters. The van der Waals surface area contributed by atoms with Gasteiger partial charge < -0.3 is 15.0 Å². The van der Waals surface area contributed by atoms with Gasteiger partial charge in [0.25, 0.3) is 0 Å². The van der Waals surface area contributed by atoms with Crippen LogP contribution in [0.4, 0.5) is 4.79 Å². The van der Waals surface area contributed by atoms with Crippen molar-refractivity contribution < 1.29 is 14.3 Å². The Kier molecular flexibility index (Phi) is 4.18. The normalized spacial score (nSPS) is 22.2. The zero-order valence-corrected chi connectivity index (χ0v) is 14.1. The molecule has 8 heteroatoms. The number of amides is 3. The molecule has 0 saturated carbocycles. The highest BCUT2D eigenvalue weighted by atomic mass is 16.5. The number of likely N-dealkylation sites (tertiary alicyclic amines) is 1. The fourth-order valence-corrected chi connectivity index (χ4v) is 3.22. The molecule has 134 valence electrons. The highest BCUT2D eigenvalue weighted by Gasteiger charge is 2.28. The van der Waals surface area contributed by atoms with Gasteiger partial charge in [-0.2, -0.15) is 0 Å². The molecule has 3 N–H and O–H groups in total. The first kappa shape index (κ1) is 16.3. The number of benzene rings is 1. The molecule has 2 aliphatic rings. The van der Waals surface area contributed by atoms with Gasteiger partial charge >= 0.3 is 6.03 Å². The van der Waals surface area contributed by atoms with Crippen molar-refractivity contribution in [1.29, 1.82) is 0 Å². The number of nitrogens with one attached hydrogen (secondary N) is 3. The number of rotatable bonds is 4. The fourth-order valence-electron chi connectivity index (χ4n) is 3.22. The summed E-state index contributed by atoms with van der Waals surface area (Å²) in [4.78, 5) is 29.5. The number of pyridine rings is 1. The van der Waals surface area contributed by atoms with E-state index in [0.29, 0.717) is 24.7 Å². The van der Waals surface area contributed by atoms with Crippen LogP contribution in [0.15, 0.2) is 43.0 Å². The van der Waals surface area contributed by atoms with E-state index in [1.807, 2.05) is 30.3 Å². The van der Waals surface area contributed by atoms with Gasteiger partial charge in [-0.25, -0.2) is 15.2 Å². The van der Waals surface area contributed by atoms with E-state index in [-0.39, 0.29) is 18.0 Å². The number of aromatic nitrogens is 1. The first-order valence-corrected chi connectivity index (χ1v) is 8.44. The molecule has 2 fully saturated rings. The van der Waals surface area contributed by atoms with Crippen molar-refractivity contribution >= 4 is 22.7 Å². The summed E-state index contributed by atoms with van der Waals surface area (Å²) in [5, 5.41) is 4.60. The summed E-state index contributed by atoms with van der Waals surface area (Å²) in [7, 11) is 0. The second kappa shape index (κ2) is 6.64. The molecule has 3 amide bonds. The van der Waals surface area contributed by atoms with E-state index < -0.39 is 6.17 Å². The second-order valence-electron chi connectivity index (χ2n) is 6.27. The Hall–Kier alpha value is -3.13. The molecule has 2 aromatic rings. The monoisotopic (exact) mass is 353 g/mol. The molecule has 8 nitrogen and oxygen atoms in total. The standard InChI is InChI=1S/C18H19N5O3/c1-2-15(24)23-8-7-12(10-23)26-17-13-6-4-3-5-11(13)9-14(19-17)16-20-18(25)22-21-16/h2-6,9,12,16,21H,1,7-8,10H2,(H2,20,22,25)/t12-,16?/m1/s1. The molecule has 2 saturated heterocycles. The van der Waals surface area contributed by atoms with E-state index in [1.165, 1.54) is 6.08 Å². The van der Waals surface area contributed by atoms with Crippen LogP contribution in [0.3, 0.4) is 0 Å². The van der Waals surface area contributed by atoms with E-state index in [0.717, 1.165) is 17.2 Å². The Labute approximate surface area is 150 Å².